The maximum Gasteiger partial charge on any atom is 0.171 e. The van der Waals surface area contributed by atoms with E-state index in [1.165, 1.54) is 0 Å². The molecule has 546 valence electrons. The van der Waals surface area contributed by atoms with E-state index in [-0.39, 0.29) is 0 Å². The summed E-state index contributed by atoms with van der Waals surface area (Å²) >= 11 is 0. The summed E-state index contributed by atoms with van der Waals surface area (Å²) in [7, 11) is -11.5. The number of hydrogen-bond donors (Lipinski definition) is 0. The van der Waals surface area contributed by atoms with Gasteiger partial charge in [-0.2, -0.15) is 0 Å². The lowest BCUT2D eigenvalue weighted by atomic mass is 9.63. The summed E-state index contributed by atoms with van der Waals surface area (Å²) in [5, 5.41) is 12.7. The quantitative estimate of drug-likeness (QED) is 0.135. The summed E-state index contributed by atoms with van der Waals surface area (Å²) in [5.74, 6) is 0. The van der Waals surface area contributed by atoms with Gasteiger partial charge in [0.25, 0.3) is 0 Å². The Hall–Kier alpha value is -13.4. The lowest BCUT2D eigenvalue weighted by Crippen LogP contribution is -2.32. The number of rotatable bonds is 9. The molecule has 3 spiro atoms. The third-order valence-corrected chi connectivity index (χ3v) is 36.6. The molecule has 0 aromatic heterocycles. The van der Waals surface area contributed by atoms with Gasteiger partial charge in [-0.3, -0.25) is 0 Å². The normalized spacial score (nSPS) is 15.7. The molecule has 0 aliphatic heterocycles. The summed E-state index contributed by atoms with van der Waals surface area (Å²) in [4.78, 5) is 0. The minimum atomic E-state index is -3.85. The highest BCUT2D eigenvalue weighted by Crippen LogP contribution is 2.77. The van der Waals surface area contributed by atoms with Crippen LogP contribution in [0.15, 0.2) is 419 Å². The van der Waals surface area contributed by atoms with E-state index in [0.29, 0.717) is 0 Å². The molecule has 0 bridgehead atoms. The van der Waals surface area contributed by atoms with Crippen molar-refractivity contribution in [2.24, 2.45) is 0 Å². The van der Waals surface area contributed by atoms with Crippen LogP contribution >= 0.6 is 21.4 Å². The molecular weight excluding hydrogens is 1470 g/mol. The van der Waals surface area contributed by atoms with E-state index in [4.69, 9.17) is 0 Å². The van der Waals surface area contributed by atoms with Crippen molar-refractivity contribution in [3.63, 3.8) is 0 Å². The van der Waals surface area contributed by atoms with Gasteiger partial charge >= 0.3 is 0 Å². The third-order valence-electron chi connectivity index (χ3n) is 27.3. The van der Waals surface area contributed by atoms with Crippen LogP contribution in [0, 0.1) is 0 Å². The molecule has 0 N–H and O–H groups in total. The van der Waals surface area contributed by atoms with Crippen LogP contribution in [-0.2, 0) is 29.9 Å². The molecule has 3 unspecified atom stereocenters. The molecule has 0 heterocycles. The van der Waals surface area contributed by atoms with Gasteiger partial charge in [0, 0.05) is 47.7 Å². The van der Waals surface area contributed by atoms with Crippen molar-refractivity contribution in [2.45, 2.75) is 16.2 Å². The van der Waals surface area contributed by atoms with Gasteiger partial charge in [0.2, 0.25) is 0 Å². The highest BCUT2D eigenvalue weighted by molar-refractivity contribution is 7.86. The monoisotopic (exact) mass is 1540 g/mol. The molecule has 6 aliphatic rings. The fraction of sp³-hybridized carbons (Fsp3) is 0.0270. The van der Waals surface area contributed by atoms with Gasteiger partial charge in [0.1, 0.15) is 0 Å². The Bertz CT molecular complexity index is 6870. The van der Waals surface area contributed by atoms with Crippen LogP contribution in [0.3, 0.4) is 0 Å². The van der Waals surface area contributed by atoms with E-state index < -0.39 is 37.7 Å². The summed E-state index contributed by atoms with van der Waals surface area (Å²) in [6.45, 7) is 0. The molecule has 0 amide bonds. The maximum absolute atomic E-state index is 18.3. The first-order valence-electron chi connectivity index (χ1n) is 40.4. The second-order valence-corrected chi connectivity index (χ2v) is 40.5. The summed E-state index contributed by atoms with van der Waals surface area (Å²) in [5.41, 5.74) is 23.3. The minimum absolute atomic E-state index is 0.737. The van der Waals surface area contributed by atoms with Gasteiger partial charge in [-0.15, -0.1) is 0 Å². The molecule has 6 aliphatic carbocycles. The molecule has 6 heteroatoms. The smallest absolute Gasteiger partial charge is 0.171 e. The lowest BCUT2D eigenvalue weighted by Gasteiger charge is -2.37. The molecular formula is C111H69O3P3. The van der Waals surface area contributed by atoms with E-state index in [1.807, 2.05) is 54.6 Å². The fourth-order valence-electron chi connectivity index (χ4n) is 22.9. The zero-order valence-electron chi connectivity index (χ0n) is 63.4. The largest absolute Gasteiger partial charge is 0.309 e. The molecule has 0 radical (unpaired) electrons. The SMILES string of the molecule is O=P(c1ccccc1)(c1ccc2c(c1)C1(c3ccccc3-c3ccccc31)c1c-2c2c(c3c1-c1ccc(P(=O)(c4ccccc4)c4cccc5ccccc45)cc1C31c3ccccc3-c3ccccc31)-c1ccc(P(=O)(c3ccccc3)c3cccc4ccccc34)cc1C21c2ccccc2-c2ccccc21)c1cccc2ccccc12. The molecule has 0 saturated heterocycles. The zero-order valence-corrected chi connectivity index (χ0v) is 66.1. The lowest BCUT2D eigenvalue weighted by molar-refractivity contribution is 0.591. The molecule has 25 rings (SSSR count). The van der Waals surface area contributed by atoms with Crippen LogP contribution in [-0.4, -0.2) is 0 Å². The zero-order chi connectivity index (χ0) is 77.3. The van der Waals surface area contributed by atoms with Crippen LogP contribution in [0.5, 0.6) is 0 Å². The van der Waals surface area contributed by atoms with Gasteiger partial charge in [0.05, 0.1) is 16.2 Å². The fourth-order valence-corrected chi connectivity index (χ4v) is 31.5. The number of benzene rings is 19. The Labute approximate surface area is 678 Å². The van der Waals surface area contributed by atoms with Crippen molar-refractivity contribution in [1.29, 1.82) is 0 Å². The van der Waals surface area contributed by atoms with Gasteiger partial charge in [-0.25, -0.2) is 0 Å². The molecule has 19 aromatic rings. The Balaban J connectivity index is 0.917. The van der Waals surface area contributed by atoms with E-state index in [9.17, 15) is 0 Å². The molecule has 0 saturated carbocycles. The Morgan fingerprint density at radius 1 is 0.162 bits per heavy atom. The van der Waals surface area contributed by atoms with Gasteiger partial charge in [0.15, 0.2) is 21.4 Å². The maximum atomic E-state index is 18.3. The topological polar surface area (TPSA) is 51.2 Å². The predicted molar refractivity (Wildman–Crippen MR) is 486 cm³/mol. The summed E-state index contributed by atoms with van der Waals surface area (Å²) in [6.07, 6.45) is 0. The molecule has 0 fully saturated rings. The van der Waals surface area contributed by atoms with Crippen molar-refractivity contribution < 1.29 is 13.7 Å². The van der Waals surface area contributed by atoms with Crippen molar-refractivity contribution in [1.82, 2.24) is 0 Å². The number of fused-ring (bicyclic) bond motifs is 36. The second-order valence-electron chi connectivity index (χ2n) is 32.3. The van der Waals surface area contributed by atoms with Crippen molar-refractivity contribution in [3.8, 4) is 66.8 Å². The van der Waals surface area contributed by atoms with E-state index in [0.717, 1.165) is 214 Å². The minimum Gasteiger partial charge on any atom is -0.309 e. The Morgan fingerprint density at radius 3 is 0.632 bits per heavy atom. The summed E-state index contributed by atoms with van der Waals surface area (Å²) in [6, 6.07) is 151. The molecule has 117 heavy (non-hydrogen) atoms. The second kappa shape index (κ2) is 24.4. The van der Waals surface area contributed by atoms with Crippen LogP contribution in [0.4, 0.5) is 0 Å². The first kappa shape index (κ1) is 67.0. The average molecular weight is 1540 g/mol. The van der Waals surface area contributed by atoms with Gasteiger partial charge < -0.3 is 13.7 Å². The first-order chi connectivity index (χ1) is 57.7. The third kappa shape index (κ3) is 8.36. The molecule has 19 aromatic carbocycles. The van der Waals surface area contributed by atoms with Gasteiger partial charge in [-0.05, 0) is 184 Å². The van der Waals surface area contributed by atoms with E-state index in [2.05, 4.69) is 364 Å². The average Bonchev–Trinajstić information content (AvgIpc) is 1.45. The van der Waals surface area contributed by atoms with Gasteiger partial charge in [-0.1, -0.05) is 400 Å². The highest BCUT2D eigenvalue weighted by Gasteiger charge is 2.65. The number of hydrogen-bond acceptors (Lipinski definition) is 3. The van der Waals surface area contributed by atoms with Crippen LogP contribution in [0.2, 0.25) is 0 Å². The molecule has 3 atom stereocenters. The Kier molecular flexibility index (Phi) is 14.0. The van der Waals surface area contributed by atoms with E-state index in [1.54, 1.807) is 0 Å². The van der Waals surface area contributed by atoms with Crippen molar-refractivity contribution in [2.75, 3.05) is 0 Å². The molecule has 3 nitrogen and oxygen atoms in total. The van der Waals surface area contributed by atoms with Crippen molar-refractivity contribution >= 4 is 101 Å². The van der Waals surface area contributed by atoms with E-state index >= 15 is 13.7 Å². The Morgan fingerprint density at radius 2 is 0.376 bits per heavy atom. The van der Waals surface area contributed by atoms with Crippen LogP contribution < -0.4 is 47.7 Å². The predicted octanol–water partition coefficient (Wildman–Crippen LogP) is 23.1. The standard InChI is InChI=1S/C111H69O3P3/c112-115(73-37-4-1-5-38-73,100-58-28-34-70-31-10-13-43-79(70)100)76-61-64-88-97(67-76)109(91-52-22-16-46-82(91)83-47-17-23-53-92(83)109)106-103(88)107-105(90-66-63-78(69-99(90)110(107)93-54-24-18-48-84(93)85-49-19-25-55-94(85)110)117(114,75-41-8-3-9-42-75)102-60-30-36-72-33-12-15-45-81(72)102)108-104(106)89-65-62-77(68-98(89)111(108)95-56-26-20-50-86(95)87-51-21-27-57-96(87)111)116(113,74-39-6-2-7-40-74)101-59-29-35-71-32-11-14-44-80(71)101/h1-69H. The van der Waals surface area contributed by atoms with Crippen LogP contribution in [0.25, 0.3) is 99.1 Å². The highest BCUT2D eigenvalue weighted by atomic mass is 31.2. The summed E-state index contributed by atoms with van der Waals surface area (Å²) < 4.78 is 54.9. The van der Waals surface area contributed by atoms with Crippen molar-refractivity contribution in [3.05, 3.63) is 485 Å². The first-order valence-corrected chi connectivity index (χ1v) is 45.6. The van der Waals surface area contributed by atoms with Crippen LogP contribution in [0.1, 0.15) is 66.8 Å².